The molecule has 198 valence electrons. The summed E-state index contributed by atoms with van der Waals surface area (Å²) < 4.78 is 18.6. The van der Waals surface area contributed by atoms with E-state index in [1.54, 1.807) is 18.6 Å². The van der Waals surface area contributed by atoms with Gasteiger partial charge in [-0.15, -0.1) is 0 Å². The lowest BCUT2D eigenvalue weighted by atomic mass is 9.72. The van der Waals surface area contributed by atoms with Gasteiger partial charge in [0.25, 0.3) is 0 Å². The average Bonchev–Trinajstić information content (AvgIpc) is 3.34. The van der Waals surface area contributed by atoms with E-state index < -0.39 is 8.07 Å². The van der Waals surface area contributed by atoms with Crippen LogP contribution in [-0.4, -0.2) is 65.6 Å². The van der Waals surface area contributed by atoms with E-state index in [0.29, 0.717) is 30.7 Å². The van der Waals surface area contributed by atoms with Crippen LogP contribution in [0.15, 0.2) is 30.9 Å². The second kappa shape index (κ2) is 11.6. The Morgan fingerprint density at radius 2 is 1.86 bits per heavy atom. The predicted molar refractivity (Wildman–Crippen MR) is 155 cm³/mol. The van der Waals surface area contributed by atoms with Crippen LogP contribution >= 0.6 is 33.9 Å². The molecule has 1 aliphatic carbocycles. The minimum atomic E-state index is -1.18. The van der Waals surface area contributed by atoms with Crippen molar-refractivity contribution in [1.29, 1.82) is 0 Å². The molecule has 12 heteroatoms. The lowest BCUT2D eigenvalue weighted by Crippen LogP contribution is -2.46. The minimum absolute atomic E-state index is 0.153. The largest absolute Gasteiger partial charge is 0.460 e. The van der Waals surface area contributed by atoms with E-state index in [9.17, 15) is 0 Å². The Morgan fingerprint density at radius 3 is 2.54 bits per heavy atom. The summed E-state index contributed by atoms with van der Waals surface area (Å²) in [5.41, 5.74) is 1.18. The third kappa shape index (κ3) is 7.02. The Labute approximate surface area is 236 Å². The highest BCUT2D eigenvalue weighted by Gasteiger charge is 2.42. The molecular weight excluding hydrogens is 619 g/mol. The molecule has 0 amide bonds. The van der Waals surface area contributed by atoms with Gasteiger partial charge in [-0.25, -0.2) is 19.9 Å². The van der Waals surface area contributed by atoms with E-state index in [2.05, 4.69) is 62.2 Å². The lowest BCUT2D eigenvalue weighted by Gasteiger charge is -2.45. The van der Waals surface area contributed by atoms with Crippen LogP contribution in [0.1, 0.15) is 25.7 Å². The highest BCUT2D eigenvalue weighted by molar-refractivity contribution is 14.1. The number of nitrogens with zero attached hydrogens (tertiary/aromatic N) is 6. The van der Waals surface area contributed by atoms with Gasteiger partial charge in [-0.3, -0.25) is 4.90 Å². The van der Waals surface area contributed by atoms with Crippen LogP contribution in [0.4, 0.5) is 11.1 Å². The van der Waals surface area contributed by atoms with Crippen LogP contribution < -0.4 is 9.64 Å². The van der Waals surface area contributed by atoms with E-state index in [0.717, 1.165) is 64.2 Å². The number of ether oxygens (including phenoxy) is 3. The molecule has 1 spiro atoms. The molecular formula is C25H33IN6O3SSi. The molecule has 1 saturated heterocycles. The van der Waals surface area contributed by atoms with E-state index in [4.69, 9.17) is 19.2 Å². The molecule has 0 N–H and O–H groups in total. The molecule has 0 aromatic carbocycles. The summed E-state index contributed by atoms with van der Waals surface area (Å²) in [4.78, 5) is 25.6. The zero-order valence-electron chi connectivity index (χ0n) is 21.5. The predicted octanol–water partition coefficient (Wildman–Crippen LogP) is 5.78. The molecule has 37 heavy (non-hydrogen) atoms. The summed E-state index contributed by atoms with van der Waals surface area (Å²) >= 11 is 3.73. The van der Waals surface area contributed by atoms with Crippen LogP contribution in [0.5, 0.6) is 6.01 Å². The zero-order chi connectivity index (χ0) is 25.9. The number of hydrogen-bond acceptors (Lipinski definition) is 10. The highest BCUT2D eigenvalue weighted by Crippen LogP contribution is 2.43. The van der Waals surface area contributed by atoms with Crippen molar-refractivity contribution in [2.75, 3.05) is 31.5 Å². The van der Waals surface area contributed by atoms with Gasteiger partial charge >= 0.3 is 6.01 Å². The first-order chi connectivity index (χ1) is 17.8. The maximum Gasteiger partial charge on any atom is 0.317 e. The molecule has 3 aromatic heterocycles. The number of aromatic nitrogens is 5. The molecule has 4 heterocycles. The number of hydrogen-bond donors (Lipinski definition) is 0. The lowest BCUT2D eigenvalue weighted by molar-refractivity contribution is -0.140. The molecule has 2 aliphatic rings. The topological polar surface area (TPSA) is 95.4 Å². The van der Waals surface area contributed by atoms with Crippen LogP contribution in [0.25, 0.3) is 10.6 Å². The van der Waals surface area contributed by atoms with Crippen molar-refractivity contribution in [2.24, 2.45) is 5.41 Å². The van der Waals surface area contributed by atoms with Crippen LogP contribution in [-0.2, 0) is 9.47 Å². The van der Waals surface area contributed by atoms with Crippen LogP contribution in [0.3, 0.4) is 0 Å². The summed E-state index contributed by atoms with van der Waals surface area (Å²) in [6, 6.07) is 3.41. The summed E-state index contributed by atoms with van der Waals surface area (Å²) in [5.74, 6) is 0.563. The maximum atomic E-state index is 6.18. The van der Waals surface area contributed by atoms with E-state index in [-0.39, 0.29) is 6.10 Å². The van der Waals surface area contributed by atoms with Gasteiger partial charge in [0, 0.05) is 48.5 Å². The fourth-order valence-corrected chi connectivity index (χ4v) is 6.28. The number of anilines is 2. The Hall–Kier alpha value is -1.74. The summed E-state index contributed by atoms with van der Waals surface area (Å²) in [5, 5.41) is 0.755. The number of rotatable bonds is 10. The Kier molecular flexibility index (Phi) is 8.39. The molecule has 2 fully saturated rings. The molecule has 5 rings (SSSR count). The van der Waals surface area contributed by atoms with Crippen molar-refractivity contribution in [2.45, 2.75) is 57.5 Å². The second-order valence-corrected chi connectivity index (χ2v) is 18.9. The monoisotopic (exact) mass is 652 g/mol. The molecule has 3 aromatic rings. The standard InChI is InChI=1S/C25H33IN6O3SSi/c1-37(2,3)11-10-33-17-32(22-28-12-18(26)13-29-22)24-30-14-21(36-24)20-6-9-27-23(31-20)35-19-4-7-25(8-5-19)15-34-16-25/h6,9,12-14,19H,4-5,7-8,10-11,15-17H2,1-3H3. The summed E-state index contributed by atoms with van der Waals surface area (Å²) in [6.45, 7) is 9.87. The van der Waals surface area contributed by atoms with E-state index in [1.165, 1.54) is 11.3 Å². The Bertz CT molecular complexity index is 1180. The molecule has 0 unspecified atom stereocenters. The second-order valence-electron chi connectivity index (χ2n) is 11.0. The van der Waals surface area contributed by atoms with Crippen LogP contribution in [0, 0.1) is 8.99 Å². The van der Waals surface area contributed by atoms with Crippen molar-refractivity contribution in [3.05, 3.63) is 34.4 Å². The number of halogens is 1. The normalized spacial score (nSPS) is 17.5. The fourth-order valence-electron chi connectivity index (χ4n) is 4.37. The molecule has 0 radical (unpaired) electrons. The van der Waals surface area contributed by atoms with Gasteiger partial charge in [0.05, 0.1) is 23.8 Å². The minimum Gasteiger partial charge on any atom is -0.460 e. The quantitative estimate of drug-likeness (QED) is 0.117. The number of thiazole rings is 1. The maximum absolute atomic E-state index is 6.18. The van der Waals surface area contributed by atoms with E-state index in [1.807, 2.05) is 17.2 Å². The molecule has 9 nitrogen and oxygen atoms in total. The van der Waals surface area contributed by atoms with Gasteiger partial charge in [-0.2, -0.15) is 4.98 Å². The first kappa shape index (κ1) is 26.8. The average molecular weight is 653 g/mol. The van der Waals surface area contributed by atoms with Crippen molar-refractivity contribution >= 4 is 53.1 Å². The van der Waals surface area contributed by atoms with Gasteiger partial charge in [0.1, 0.15) is 12.8 Å². The van der Waals surface area contributed by atoms with Gasteiger partial charge in [-0.1, -0.05) is 31.0 Å². The Morgan fingerprint density at radius 1 is 1.11 bits per heavy atom. The summed E-state index contributed by atoms with van der Waals surface area (Å²) in [7, 11) is -1.18. The molecule has 1 saturated carbocycles. The van der Waals surface area contributed by atoms with Crippen molar-refractivity contribution in [3.63, 3.8) is 0 Å². The third-order valence-corrected chi connectivity index (χ3v) is 10.1. The van der Waals surface area contributed by atoms with Crippen molar-refractivity contribution in [3.8, 4) is 16.6 Å². The summed E-state index contributed by atoms with van der Waals surface area (Å²) in [6.07, 6.45) is 11.7. The zero-order valence-corrected chi connectivity index (χ0v) is 25.5. The molecule has 0 bridgehead atoms. The van der Waals surface area contributed by atoms with Crippen LogP contribution in [0.2, 0.25) is 25.7 Å². The smallest absolute Gasteiger partial charge is 0.317 e. The fraction of sp³-hybridized carbons (Fsp3) is 0.560. The van der Waals surface area contributed by atoms with Crippen molar-refractivity contribution < 1.29 is 14.2 Å². The Balaban J connectivity index is 1.27. The van der Waals surface area contributed by atoms with Gasteiger partial charge in [0.15, 0.2) is 5.13 Å². The first-order valence-electron chi connectivity index (χ1n) is 12.7. The highest BCUT2D eigenvalue weighted by atomic mass is 127. The van der Waals surface area contributed by atoms with E-state index >= 15 is 0 Å². The molecule has 1 aliphatic heterocycles. The SMILES string of the molecule is C[Si](C)(C)CCOCN(c1ncc(I)cn1)c1ncc(-c2ccnc(OC3CCC4(CC3)COC4)n2)s1. The third-order valence-electron chi connectivity index (χ3n) is 6.76. The van der Waals surface area contributed by atoms with Gasteiger partial charge in [0.2, 0.25) is 5.95 Å². The van der Waals surface area contributed by atoms with Gasteiger partial charge < -0.3 is 14.2 Å². The first-order valence-corrected chi connectivity index (χ1v) is 18.3. The van der Waals surface area contributed by atoms with Gasteiger partial charge in [-0.05, 0) is 60.4 Å². The van der Waals surface area contributed by atoms with Crippen molar-refractivity contribution in [1.82, 2.24) is 24.9 Å². The molecule has 0 atom stereocenters.